The molecule has 0 amide bonds. The summed E-state index contributed by atoms with van der Waals surface area (Å²) in [5, 5.41) is 0. The Kier molecular flexibility index (Phi) is 3.03. The summed E-state index contributed by atoms with van der Waals surface area (Å²) in [7, 11) is -4.49. The molecular weight excluding hydrogens is 146 g/mol. The quantitative estimate of drug-likeness (QED) is 0.568. The van der Waals surface area contributed by atoms with Crippen LogP contribution < -0.4 is 0 Å². The van der Waals surface area contributed by atoms with Crippen molar-refractivity contribution >= 4 is 27.9 Å². The van der Waals surface area contributed by atoms with Crippen LogP contribution in [0.25, 0.3) is 0 Å². The van der Waals surface area contributed by atoms with Gasteiger partial charge in [-0.25, -0.2) is 0 Å². The molecule has 1 unspecified atom stereocenters. The van der Waals surface area contributed by atoms with Crippen molar-refractivity contribution in [2.24, 2.45) is 0 Å². The van der Waals surface area contributed by atoms with E-state index in [1.807, 2.05) is 0 Å². The van der Waals surface area contributed by atoms with Gasteiger partial charge < -0.3 is 14.1 Å². The van der Waals surface area contributed by atoms with Crippen LogP contribution in [0.5, 0.6) is 0 Å². The van der Waals surface area contributed by atoms with E-state index in [1.165, 1.54) is 0 Å². The molecule has 0 spiro atoms. The minimum absolute atomic E-state index is 1.26. The first kappa shape index (κ1) is 8.48. The summed E-state index contributed by atoms with van der Waals surface area (Å²) in [6.45, 7) is 1.71. The topological polar surface area (TPSA) is 49.7 Å². The zero-order chi connectivity index (χ0) is 6.78. The molecule has 0 aromatic heterocycles. The summed E-state index contributed by atoms with van der Waals surface area (Å²) in [6, 6.07) is 0. The molecule has 0 saturated carbocycles. The van der Waals surface area contributed by atoms with Gasteiger partial charge in [-0.2, -0.15) is 0 Å². The Bertz CT molecular complexity index is 135. The molecule has 0 rings (SSSR count). The second-order valence-corrected chi connectivity index (χ2v) is 4.92. The Hall–Kier alpha value is 0.480. The van der Waals surface area contributed by atoms with E-state index in [1.54, 1.807) is 6.66 Å². The molecule has 0 bridgehead atoms. The first-order chi connectivity index (χ1) is 3.42. The fourth-order valence-corrected chi connectivity index (χ4v) is 2.25. The zero-order valence-corrected chi connectivity index (χ0v) is 6.56. The zero-order valence-electron chi connectivity index (χ0n) is 4.66. The summed E-state index contributed by atoms with van der Waals surface area (Å²) in [4.78, 5) is 17.0. The predicted molar refractivity (Wildman–Crippen MR) is 40.9 cm³/mol. The predicted octanol–water partition coefficient (Wildman–Crippen LogP) is 0.373. The minimum Gasteiger partial charge on any atom is -0.333 e. The van der Waals surface area contributed by atoms with Gasteiger partial charge in [-0.1, -0.05) is 6.30 Å². The Labute approximate surface area is 49.6 Å². The van der Waals surface area contributed by atoms with Crippen LogP contribution in [-0.2, 0) is 4.31 Å². The number of rotatable bonds is 2. The van der Waals surface area contributed by atoms with E-state index in [0.717, 1.165) is 0 Å². The Morgan fingerprint density at radius 1 is 1.62 bits per heavy atom. The van der Waals surface area contributed by atoms with Gasteiger partial charge in [0.1, 0.15) is 0 Å². The summed E-state index contributed by atoms with van der Waals surface area (Å²) in [5.74, 6) is 0. The van der Waals surface area contributed by atoms with Crippen molar-refractivity contribution < 1.29 is 14.1 Å². The Morgan fingerprint density at radius 2 is 2.00 bits per heavy atom. The molecule has 2 N–H and O–H groups in total. The molecule has 0 radical (unpaired) electrons. The third-order valence-corrected chi connectivity index (χ3v) is 2.72. The molecule has 0 aliphatic heterocycles. The maximum atomic E-state index is 8.51. The lowest BCUT2D eigenvalue weighted by Gasteiger charge is -2.09. The lowest BCUT2D eigenvalue weighted by atomic mass is 11.9. The van der Waals surface area contributed by atoms with E-state index >= 15 is 0 Å². The van der Waals surface area contributed by atoms with Gasteiger partial charge in [-0.05, 0) is 20.7 Å². The number of hydrogen-bond acceptors (Lipinski definition) is 3. The minimum atomic E-state index is -3.24. The van der Waals surface area contributed by atoms with E-state index in [4.69, 9.17) is 9.79 Å². The summed E-state index contributed by atoms with van der Waals surface area (Å²) < 4.78 is 4.54. The maximum Gasteiger partial charge on any atom is 0.248 e. The van der Waals surface area contributed by atoms with Crippen molar-refractivity contribution in [2.45, 2.75) is 0 Å². The lowest BCUT2D eigenvalue weighted by Crippen LogP contribution is -1.76. The second kappa shape index (κ2) is 2.86. The van der Waals surface area contributed by atoms with Crippen molar-refractivity contribution in [1.82, 2.24) is 0 Å². The van der Waals surface area contributed by atoms with Crippen molar-refractivity contribution in [3.8, 4) is 0 Å². The molecule has 50 valence electrons. The van der Waals surface area contributed by atoms with E-state index in [-0.39, 0.29) is 0 Å². The van der Waals surface area contributed by atoms with Crippen LogP contribution in [0.15, 0.2) is 0 Å². The molecule has 8 heavy (non-hydrogen) atoms. The van der Waals surface area contributed by atoms with E-state index in [0.29, 0.717) is 0 Å². The van der Waals surface area contributed by atoms with Gasteiger partial charge in [0.25, 0.3) is 0 Å². The average Bonchev–Trinajstić information content (AvgIpc) is 1.21. The molecule has 1 atom stereocenters. The third kappa shape index (κ3) is 6.48. The molecule has 0 aliphatic rings. The molecule has 5 heteroatoms. The molecular formula is C3H10O3P2. The van der Waals surface area contributed by atoms with Crippen LogP contribution in [0.2, 0.25) is 0 Å². The SMILES string of the molecule is C=[PH](C)OP(=C)(O)O. The molecule has 0 saturated heterocycles. The maximum absolute atomic E-state index is 8.51. The number of hydrogen-bond donors (Lipinski definition) is 2. The van der Waals surface area contributed by atoms with Crippen LogP contribution in [0.1, 0.15) is 0 Å². The van der Waals surface area contributed by atoms with E-state index in [2.05, 4.69) is 16.9 Å². The van der Waals surface area contributed by atoms with Gasteiger partial charge in [0.2, 0.25) is 7.57 Å². The van der Waals surface area contributed by atoms with Crippen LogP contribution in [0.3, 0.4) is 0 Å². The summed E-state index contributed by atoms with van der Waals surface area (Å²) in [5.41, 5.74) is 0. The van der Waals surface area contributed by atoms with Crippen LogP contribution >= 0.6 is 15.3 Å². The summed E-state index contributed by atoms with van der Waals surface area (Å²) in [6.07, 6.45) is 6.47. The standard InChI is InChI=1S/C3H10O3P2/c1-7(2)6-8(3,4)5/h4-5,7H,1,3H2,2H3. The fourth-order valence-electron chi connectivity index (χ4n) is 0.250. The van der Waals surface area contributed by atoms with Gasteiger partial charge in [0, 0.05) is 0 Å². The third-order valence-electron chi connectivity index (χ3n) is 0.302. The highest BCUT2D eigenvalue weighted by Gasteiger charge is 2.01. The molecule has 0 aromatic rings. The van der Waals surface area contributed by atoms with Crippen LogP contribution in [-0.4, -0.2) is 29.1 Å². The second-order valence-electron chi connectivity index (χ2n) is 1.46. The Morgan fingerprint density at radius 3 is 2.00 bits per heavy atom. The smallest absolute Gasteiger partial charge is 0.248 e. The van der Waals surface area contributed by atoms with Gasteiger partial charge in [-0.3, -0.25) is 0 Å². The first-order valence-corrected chi connectivity index (χ1v) is 5.87. The molecule has 0 heterocycles. The van der Waals surface area contributed by atoms with Crippen molar-refractivity contribution in [3.05, 3.63) is 0 Å². The Balaban J connectivity index is 3.74. The molecule has 3 nitrogen and oxygen atoms in total. The van der Waals surface area contributed by atoms with Gasteiger partial charge in [0.15, 0.2) is 0 Å². The highest BCUT2D eigenvalue weighted by atomic mass is 31.2. The van der Waals surface area contributed by atoms with Gasteiger partial charge >= 0.3 is 0 Å². The van der Waals surface area contributed by atoms with E-state index < -0.39 is 15.3 Å². The van der Waals surface area contributed by atoms with Crippen LogP contribution in [0, 0.1) is 0 Å². The highest BCUT2D eigenvalue weighted by Crippen LogP contribution is 2.44. The van der Waals surface area contributed by atoms with Gasteiger partial charge in [-0.15, -0.1) is 0 Å². The normalized spacial score (nSPS) is 15.9. The molecule has 0 fully saturated rings. The van der Waals surface area contributed by atoms with Crippen molar-refractivity contribution in [3.63, 3.8) is 0 Å². The fraction of sp³-hybridized carbons (Fsp3) is 0.333. The highest BCUT2D eigenvalue weighted by molar-refractivity contribution is 7.67. The van der Waals surface area contributed by atoms with Crippen molar-refractivity contribution in [2.75, 3.05) is 6.66 Å². The average molecular weight is 156 g/mol. The molecule has 0 aliphatic carbocycles. The monoisotopic (exact) mass is 156 g/mol. The van der Waals surface area contributed by atoms with E-state index in [9.17, 15) is 0 Å². The van der Waals surface area contributed by atoms with Crippen LogP contribution in [0.4, 0.5) is 0 Å². The lowest BCUT2D eigenvalue weighted by molar-refractivity contribution is 0.387. The first-order valence-electron chi connectivity index (χ1n) is 1.96. The van der Waals surface area contributed by atoms with Gasteiger partial charge in [0.05, 0.1) is 0 Å². The molecule has 0 aromatic carbocycles. The largest absolute Gasteiger partial charge is 0.333 e. The van der Waals surface area contributed by atoms with Crippen molar-refractivity contribution in [1.29, 1.82) is 0 Å². The summed E-state index contributed by atoms with van der Waals surface area (Å²) >= 11 is 0.